The average molecular weight is 612 g/mol. The Balaban J connectivity index is 1.95. The summed E-state index contributed by atoms with van der Waals surface area (Å²) in [5, 5.41) is 10.9. The third-order valence-corrected chi connectivity index (χ3v) is 9.05. The summed E-state index contributed by atoms with van der Waals surface area (Å²) in [6, 6.07) is 0. The molecule has 0 aliphatic carbocycles. The molecule has 0 amide bonds. The van der Waals surface area contributed by atoms with Crippen molar-refractivity contribution in [1.82, 2.24) is 19.5 Å². The third-order valence-electron chi connectivity index (χ3n) is 4.62. The van der Waals surface area contributed by atoms with Gasteiger partial charge in [0.15, 0.2) is 22.3 Å². The van der Waals surface area contributed by atoms with Crippen molar-refractivity contribution in [2.24, 2.45) is 0 Å². The van der Waals surface area contributed by atoms with E-state index in [1.165, 1.54) is 0 Å². The van der Waals surface area contributed by atoms with Crippen molar-refractivity contribution in [2.75, 3.05) is 12.4 Å². The number of aliphatic hydroxyl groups excluding tert-OH is 1. The van der Waals surface area contributed by atoms with Gasteiger partial charge in [-0.15, -0.1) is 0 Å². The topological polar surface area (TPSA) is 279 Å². The van der Waals surface area contributed by atoms with Crippen LogP contribution in [0.25, 0.3) is 11.2 Å². The number of nitrogens with zero attached hydrogens (tertiary/aromatic N) is 3. The molecule has 3 heterocycles. The Morgan fingerprint density at radius 2 is 1.97 bits per heavy atom. The summed E-state index contributed by atoms with van der Waals surface area (Å²) < 4.78 is 66.0. The van der Waals surface area contributed by atoms with Crippen LogP contribution in [0.4, 0.5) is 10.3 Å². The quantitative estimate of drug-likeness (QED) is 0.114. The lowest BCUT2D eigenvalue weighted by Crippen LogP contribution is -2.43. The molecule has 0 radical (unpaired) electrons. The van der Waals surface area contributed by atoms with E-state index in [9.17, 15) is 37.8 Å². The summed E-state index contributed by atoms with van der Waals surface area (Å²) in [7, 11) is -17.1. The number of imidazole rings is 1. The minimum absolute atomic E-state index is 0.188. The van der Waals surface area contributed by atoms with Crippen molar-refractivity contribution in [3.05, 3.63) is 16.7 Å². The van der Waals surface area contributed by atoms with Crippen LogP contribution in [0.2, 0.25) is 0 Å². The van der Waals surface area contributed by atoms with Crippen LogP contribution >= 0.6 is 35.1 Å². The molecule has 7 atom stereocenters. The molecule has 206 valence electrons. The van der Waals surface area contributed by atoms with Gasteiger partial charge in [0.05, 0.1) is 12.4 Å². The molecule has 1 aliphatic rings. The maximum atomic E-state index is 12.8. The molecule has 2 aromatic heterocycles. The van der Waals surface area contributed by atoms with Crippen LogP contribution in [0.1, 0.15) is 13.2 Å². The highest BCUT2D eigenvalue weighted by atomic mass is 35.5. The Kier molecular flexibility index (Phi) is 8.41. The SMILES string of the molecule is C[C@@H](OP(=O)(O)OP(=O)(O)OP(=O)(O)O)[C@H]1O[C@@H](n2cnc3c(=O)[nH]c(N)nc32)C(Cl)(C#CCF)[C@H]1O. The number of alkyl halides is 2. The molecule has 8 N–H and O–H groups in total. The Labute approximate surface area is 210 Å². The molecule has 0 aromatic carbocycles. The number of nitrogens with one attached hydrogen (secondary N) is 1. The van der Waals surface area contributed by atoms with Crippen molar-refractivity contribution in [1.29, 1.82) is 0 Å². The molecule has 37 heavy (non-hydrogen) atoms. The molecule has 1 fully saturated rings. The summed E-state index contributed by atoms with van der Waals surface area (Å²) in [4.78, 5) is 56.2. The number of anilines is 1. The van der Waals surface area contributed by atoms with E-state index in [0.717, 1.165) is 17.8 Å². The maximum Gasteiger partial charge on any atom is 0.490 e. The zero-order valence-corrected chi connectivity index (χ0v) is 21.6. The van der Waals surface area contributed by atoms with E-state index in [1.807, 2.05) is 5.92 Å². The number of H-pyrrole nitrogens is 1. The van der Waals surface area contributed by atoms with E-state index in [-0.39, 0.29) is 17.1 Å². The van der Waals surface area contributed by atoms with Gasteiger partial charge in [0.1, 0.15) is 18.9 Å². The van der Waals surface area contributed by atoms with Crippen molar-refractivity contribution >= 4 is 52.2 Å². The van der Waals surface area contributed by atoms with Crippen molar-refractivity contribution in [3.63, 3.8) is 0 Å². The van der Waals surface area contributed by atoms with Crippen LogP contribution in [0.5, 0.6) is 0 Å². The number of ether oxygens (including phenoxy) is 1. The van der Waals surface area contributed by atoms with Gasteiger partial charge in [-0.1, -0.05) is 23.4 Å². The Morgan fingerprint density at radius 1 is 1.32 bits per heavy atom. The van der Waals surface area contributed by atoms with E-state index in [2.05, 4.69) is 34.0 Å². The number of aliphatic hydroxyl groups is 1. The summed E-state index contributed by atoms with van der Waals surface area (Å²) in [5.41, 5.74) is 4.40. The van der Waals surface area contributed by atoms with Crippen molar-refractivity contribution < 1.29 is 60.6 Å². The van der Waals surface area contributed by atoms with Gasteiger partial charge in [-0.2, -0.15) is 13.6 Å². The number of aromatic amines is 1. The van der Waals surface area contributed by atoms with Gasteiger partial charge in [0.2, 0.25) is 5.95 Å². The number of hydrogen-bond donors (Lipinski definition) is 7. The summed E-state index contributed by atoms with van der Waals surface area (Å²) >= 11 is 6.51. The zero-order valence-electron chi connectivity index (χ0n) is 18.1. The summed E-state index contributed by atoms with van der Waals surface area (Å²) in [5.74, 6) is 3.95. The van der Waals surface area contributed by atoms with Crippen LogP contribution in [0.3, 0.4) is 0 Å². The largest absolute Gasteiger partial charge is 0.490 e. The molecular weight excluding hydrogens is 594 g/mol. The van der Waals surface area contributed by atoms with E-state index >= 15 is 0 Å². The lowest BCUT2D eigenvalue weighted by Gasteiger charge is -2.26. The van der Waals surface area contributed by atoms with E-state index in [0.29, 0.717) is 0 Å². The van der Waals surface area contributed by atoms with E-state index in [4.69, 9.17) is 31.9 Å². The van der Waals surface area contributed by atoms with E-state index in [1.54, 1.807) is 0 Å². The summed E-state index contributed by atoms with van der Waals surface area (Å²) in [6.07, 6.45) is -5.94. The smallest absolute Gasteiger partial charge is 0.387 e. The number of fused-ring (bicyclic) bond motifs is 1. The van der Waals surface area contributed by atoms with Crippen LogP contribution in [0.15, 0.2) is 11.1 Å². The second kappa shape index (κ2) is 10.4. The Bertz CT molecular complexity index is 1450. The Morgan fingerprint density at radius 3 is 2.57 bits per heavy atom. The molecule has 18 nitrogen and oxygen atoms in total. The number of nitrogen functional groups attached to an aromatic ring is 1. The van der Waals surface area contributed by atoms with Crippen LogP contribution in [0, 0.1) is 11.8 Å². The molecule has 0 bridgehead atoms. The first-order valence-corrected chi connectivity index (χ1v) is 14.4. The minimum atomic E-state index is -5.83. The van der Waals surface area contributed by atoms with Gasteiger partial charge >= 0.3 is 23.5 Å². The highest BCUT2D eigenvalue weighted by molar-refractivity contribution is 7.66. The van der Waals surface area contributed by atoms with E-state index < -0.39 is 65.1 Å². The van der Waals surface area contributed by atoms with Gasteiger partial charge in [0, 0.05) is 0 Å². The molecule has 1 aliphatic heterocycles. The fraction of sp³-hybridized carbons (Fsp3) is 0.500. The number of phosphoric acid groups is 3. The molecule has 23 heteroatoms. The molecule has 3 unspecified atom stereocenters. The first kappa shape index (κ1) is 29.8. The van der Waals surface area contributed by atoms with Gasteiger partial charge in [-0.05, 0) is 6.92 Å². The highest BCUT2D eigenvalue weighted by Crippen LogP contribution is 2.66. The van der Waals surface area contributed by atoms with Crippen LogP contribution in [-0.4, -0.2) is 74.1 Å². The predicted molar refractivity (Wildman–Crippen MR) is 119 cm³/mol. The average Bonchev–Trinajstić information content (AvgIpc) is 3.23. The fourth-order valence-electron chi connectivity index (χ4n) is 3.33. The summed E-state index contributed by atoms with van der Waals surface area (Å²) in [6.45, 7) is -0.188. The first-order valence-electron chi connectivity index (χ1n) is 9.52. The number of rotatable bonds is 8. The zero-order chi connectivity index (χ0) is 28.0. The number of hydrogen-bond acceptors (Lipinski definition) is 12. The molecular formula is C14H18ClFN5O13P3. The van der Waals surface area contributed by atoms with Gasteiger partial charge in [-0.3, -0.25) is 18.9 Å². The monoisotopic (exact) mass is 611 g/mol. The number of aromatic nitrogens is 4. The lowest BCUT2D eigenvalue weighted by molar-refractivity contribution is -0.0728. The predicted octanol–water partition coefficient (Wildman–Crippen LogP) is -0.358. The molecule has 0 spiro atoms. The standard InChI is InChI=1S/C14H18ClFN5O13P3/c1-6(32-36(27,28)34-37(29,30)33-35(24,25)26)8-9(22)14(15,3-2-4-16)12(31-8)21-5-18-7-10(21)19-13(17)20-11(7)23/h5-6,8-9,12,22H,4H2,1H3,(H,27,28)(H,29,30)(H2,24,25,26)(H3,17,19,20,23)/t6-,8-,9+,12-,14?/m1/s1. The maximum absolute atomic E-state index is 12.8. The first-order chi connectivity index (χ1) is 16.9. The number of nitrogens with two attached hydrogens (primary N) is 1. The molecule has 3 rings (SSSR count). The fourth-order valence-corrected chi connectivity index (χ4v) is 6.88. The minimum Gasteiger partial charge on any atom is -0.387 e. The number of halogens is 2. The van der Waals surface area contributed by atoms with Gasteiger partial charge in [-0.25, -0.2) is 23.1 Å². The van der Waals surface area contributed by atoms with Crippen molar-refractivity contribution in [2.45, 2.75) is 36.3 Å². The normalized spacial score (nSPS) is 28.3. The molecule has 2 aromatic rings. The van der Waals surface area contributed by atoms with Gasteiger partial charge in [0.25, 0.3) is 5.56 Å². The second-order valence-electron chi connectivity index (χ2n) is 7.28. The Hall–Kier alpha value is -1.74. The third kappa shape index (κ3) is 6.64. The second-order valence-corrected chi connectivity index (χ2v) is 12.3. The van der Waals surface area contributed by atoms with Gasteiger partial charge < -0.3 is 35.2 Å². The molecule has 1 saturated heterocycles. The van der Waals surface area contributed by atoms with Crippen LogP contribution < -0.4 is 11.3 Å². The van der Waals surface area contributed by atoms with Crippen LogP contribution in [-0.2, 0) is 31.6 Å². The lowest BCUT2D eigenvalue weighted by atomic mass is 9.96. The van der Waals surface area contributed by atoms with Crippen molar-refractivity contribution in [3.8, 4) is 11.8 Å². The highest BCUT2D eigenvalue weighted by Gasteiger charge is 2.58. The number of phosphoric ester groups is 1. The molecule has 0 saturated carbocycles.